The highest BCUT2D eigenvalue weighted by Gasteiger charge is 2.39. The molecule has 0 saturated heterocycles. The SMILES string of the molecule is CC1(C)c2ccccc2-c2nc3ccc4ccccc4c3c(-c3ccc(-c4cccnc4)cc3)c21. The molecule has 2 nitrogen and oxygen atoms in total. The molecule has 6 aromatic rings. The van der Waals surface area contributed by atoms with E-state index >= 15 is 0 Å². The van der Waals surface area contributed by atoms with E-state index in [-0.39, 0.29) is 5.41 Å². The Labute approximate surface area is 204 Å². The van der Waals surface area contributed by atoms with Crippen molar-refractivity contribution in [3.63, 3.8) is 0 Å². The van der Waals surface area contributed by atoms with Gasteiger partial charge in [0.2, 0.25) is 0 Å². The number of hydrogen-bond acceptors (Lipinski definition) is 2. The van der Waals surface area contributed by atoms with Gasteiger partial charge in [-0.05, 0) is 56.3 Å². The Hall–Kier alpha value is -4.30. The lowest BCUT2D eigenvalue weighted by atomic mass is 9.78. The highest BCUT2D eigenvalue weighted by Crippen LogP contribution is 2.53. The zero-order valence-corrected chi connectivity index (χ0v) is 19.8. The molecule has 0 unspecified atom stereocenters. The zero-order chi connectivity index (χ0) is 23.6. The van der Waals surface area contributed by atoms with Crippen LogP contribution in [0.15, 0.2) is 109 Å². The fraction of sp³-hybridized carbons (Fsp3) is 0.0909. The van der Waals surface area contributed by atoms with Crippen molar-refractivity contribution in [2.45, 2.75) is 19.3 Å². The molecule has 2 heterocycles. The average molecular weight is 449 g/mol. The molecule has 0 radical (unpaired) electrons. The van der Waals surface area contributed by atoms with Crippen LogP contribution in [-0.4, -0.2) is 9.97 Å². The van der Waals surface area contributed by atoms with Crippen LogP contribution in [0.2, 0.25) is 0 Å². The summed E-state index contributed by atoms with van der Waals surface area (Å²) in [5.74, 6) is 0. The number of benzene rings is 4. The van der Waals surface area contributed by atoms with Gasteiger partial charge in [0.1, 0.15) is 0 Å². The molecular formula is C33H24N2. The zero-order valence-electron chi connectivity index (χ0n) is 19.8. The molecule has 1 aliphatic rings. The van der Waals surface area contributed by atoms with Crippen molar-refractivity contribution >= 4 is 21.7 Å². The van der Waals surface area contributed by atoms with Gasteiger partial charge in [-0.2, -0.15) is 0 Å². The molecule has 7 rings (SSSR count). The molecule has 166 valence electrons. The molecule has 0 bridgehead atoms. The smallest absolute Gasteiger partial charge is 0.0759 e. The Morgan fingerprint density at radius 2 is 1.43 bits per heavy atom. The van der Waals surface area contributed by atoms with Gasteiger partial charge in [0.05, 0.1) is 11.2 Å². The lowest BCUT2D eigenvalue weighted by Gasteiger charge is -2.25. The van der Waals surface area contributed by atoms with E-state index < -0.39 is 0 Å². The normalized spacial score (nSPS) is 13.7. The predicted octanol–water partition coefficient (Wildman–Crippen LogP) is 8.42. The van der Waals surface area contributed by atoms with Gasteiger partial charge in [0.15, 0.2) is 0 Å². The molecule has 0 spiro atoms. The number of fused-ring (bicyclic) bond motifs is 6. The first kappa shape index (κ1) is 20.1. The monoisotopic (exact) mass is 448 g/mol. The largest absolute Gasteiger partial charge is 0.264 e. The average Bonchev–Trinajstić information content (AvgIpc) is 3.14. The van der Waals surface area contributed by atoms with E-state index in [0.29, 0.717) is 0 Å². The Morgan fingerprint density at radius 3 is 2.26 bits per heavy atom. The van der Waals surface area contributed by atoms with Gasteiger partial charge in [-0.15, -0.1) is 0 Å². The van der Waals surface area contributed by atoms with Crippen LogP contribution in [0.25, 0.3) is 55.2 Å². The van der Waals surface area contributed by atoms with Gasteiger partial charge in [0.25, 0.3) is 0 Å². The minimum absolute atomic E-state index is 0.151. The van der Waals surface area contributed by atoms with Crippen molar-refractivity contribution in [2.24, 2.45) is 0 Å². The number of aromatic nitrogens is 2. The predicted molar refractivity (Wildman–Crippen MR) is 145 cm³/mol. The Balaban J connectivity index is 1.59. The summed E-state index contributed by atoms with van der Waals surface area (Å²) >= 11 is 0. The second kappa shape index (κ2) is 7.35. The van der Waals surface area contributed by atoms with Gasteiger partial charge in [0, 0.05) is 28.8 Å². The minimum Gasteiger partial charge on any atom is -0.264 e. The van der Waals surface area contributed by atoms with Crippen molar-refractivity contribution in [3.8, 4) is 33.5 Å². The molecule has 0 saturated carbocycles. The lowest BCUT2D eigenvalue weighted by Crippen LogP contribution is -2.16. The third-order valence-electron chi connectivity index (χ3n) is 7.53. The fourth-order valence-corrected chi connectivity index (χ4v) is 5.86. The molecule has 35 heavy (non-hydrogen) atoms. The van der Waals surface area contributed by atoms with E-state index in [1.807, 2.05) is 18.5 Å². The molecule has 1 aliphatic carbocycles. The molecule has 0 atom stereocenters. The maximum Gasteiger partial charge on any atom is 0.0759 e. The summed E-state index contributed by atoms with van der Waals surface area (Å²) in [5.41, 5.74) is 10.7. The van der Waals surface area contributed by atoms with E-state index in [1.165, 1.54) is 49.5 Å². The molecule has 0 aliphatic heterocycles. The molecular weight excluding hydrogens is 424 g/mol. The van der Waals surface area contributed by atoms with Crippen LogP contribution in [0.1, 0.15) is 25.0 Å². The number of rotatable bonds is 2. The topological polar surface area (TPSA) is 25.8 Å². The number of hydrogen-bond donors (Lipinski definition) is 0. The Bertz CT molecular complexity index is 1750. The van der Waals surface area contributed by atoms with Gasteiger partial charge >= 0.3 is 0 Å². The molecule has 0 N–H and O–H groups in total. The highest BCUT2D eigenvalue weighted by molar-refractivity contribution is 6.15. The summed E-state index contributed by atoms with van der Waals surface area (Å²) < 4.78 is 0. The third kappa shape index (κ3) is 2.90. The second-order valence-corrected chi connectivity index (χ2v) is 9.88. The summed E-state index contributed by atoms with van der Waals surface area (Å²) in [7, 11) is 0. The first-order chi connectivity index (χ1) is 17.1. The van der Waals surface area contributed by atoms with Crippen LogP contribution < -0.4 is 0 Å². The third-order valence-corrected chi connectivity index (χ3v) is 7.53. The van der Waals surface area contributed by atoms with Crippen LogP contribution in [0.3, 0.4) is 0 Å². The fourth-order valence-electron chi connectivity index (χ4n) is 5.86. The first-order valence-corrected chi connectivity index (χ1v) is 12.1. The number of pyridine rings is 2. The standard InChI is InChI=1S/C33H24N2/c1-33(2)27-12-6-5-11-26(27)32-31(33)29(23-15-13-21(14-16-23)24-9-7-19-34-20-24)30-25-10-4-3-8-22(25)17-18-28(30)35-32/h3-20H,1-2H3. The molecule has 2 aromatic heterocycles. The van der Waals surface area contributed by atoms with Crippen LogP contribution >= 0.6 is 0 Å². The quantitative estimate of drug-likeness (QED) is 0.248. The van der Waals surface area contributed by atoms with Gasteiger partial charge in [-0.1, -0.05) is 98.8 Å². The van der Waals surface area contributed by atoms with E-state index in [9.17, 15) is 0 Å². The summed E-state index contributed by atoms with van der Waals surface area (Å²) in [6.45, 7) is 4.67. The molecule has 0 amide bonds. The van der Waals surface area contributed by atoms with E-state index in [4.69, 9.17) is 4.98 Å². The van der Waals surface area contributed by atoms with E-state index in [0.717, 1.165) is 16.8 Å². The molecule has 0 fully saturated rings. The second-order valence-electron chi connectivity index (χ2n) is 9.88. The van der Waals surface area contributed by atoms with Crippen molar-refractivity contribution < 1.29 is 0 Å². The summed E-state index contributed by atoms with van der Waals surface area (Å²) in [6.07, 6.45) is 3.73. The maximum atomic E-state index is 5.29. The van der Waals surface area contributed by atoms with Crippen molar-refractivity contribution in [3.05, 3.63) is 121 Å². The molecule has 4 aromatic carbocycles. The minimum atomic E-state index is -0.151. The Kier molecular flexibility index (Phi) is 4.22. The summed E-state index contributed by atoms with van der Waals surface area (Å²) in [5, 5.41) is 3.72. The first-order valence-electron chi connectivity index (χ1n) is 12.1. The highest BCUT2D eigenvalue weighted by atomic mass is 14.7. The van der Waals surface area contributed by atoms with Gasteiger partial charge in [-0.3, -0.25) is 4.98 Å². The van der Waals surface area contributed by atoms with Crippen LogP contribution in [0.5, 0.6) is 0 Å². The van der Waals surface area contributed by atoms with E-state index in [2.05, 4.69) is 110 Å². The van der Waals surface area contributed by atoms with Crippen LogP contribution in [0.4, 0.5) is 0 Å². The van der Waals surface area contributed by atoms with Gasteiger partial charge < -0.3 is 0 Å². The maximum absolute atomic E-state index is 5.29. The van der Waals surface area contributed by atoms with E-state index in [1.54, 1.807) is 0 Å². The number of nitrogens with zero attached hydrogens (tertiary/aromatic N) is 2. The van der Waals surface area contributed by atoms with Crippen molar-refractivity contribution in [1.29, 1.82) is 0 Å². The molecule has 2 heteroatoms. The Morgan fingerprint density at radius 1 is 0.657 bits per heavy atom. The lowest BCUT2D eigenvalue weighted by molar-refractivity contribution is 0.662. The summed E-state index contributed by atoms with van der Waals surface area (Å²) in [6, 6.07) is 34.8. The van der Waals surface area contributed by atoms with Gasteiger partial charge in [-0.25, -0.2) is 4.98 Å². The van der Waals surface area contributed by atoms with Crippen LogP contribution in [-0.2, 0) is 5.41 Å². The van der Waals surface area contributed by atoms with Crippen molar-refractivity contribution in [1.82, 2.24) is 9.97 Å². The van der Waals surface area contributed by atoms with Crippen LogP contribution in [0, 0.1) is 0 Å². The summed E-state index contributed by atoms with van der Waals surface area (Å²) in [4.78, 5) is 9.58. The van der Waals surface area contributed by atoms with Crippen molar-refractivity contribution in [2.75, 3.05) is 0 Å².